The molecule has 1 fully saturated rings. The summed E-state index contributed by atoms with van der Waals surface area (Å²) in [6, 6.07) is 0. The van der Waals surface area contributed by atoms with Crippen molar-refractivity contribution in [2.24, 2.45) is 5.92 Å². The molecule has 0 amide bonds. The van der Waals surface area contributed by atoms with E-state index in [-0.39, 0.29) is 0 Å². The molecule has 2 heteroatoms. The molecule has 0 N–H and O–H groups in total. The molecule has 0 atom stereocenters. The minimum Gasteiger partial charge on any atom is -0.306 e. The first-order valence-electron chi connectivity index (χ1n) is 5.07. The monoisotopic (exact) mass is 233 g/mol. The maximum absolute atomic E-state index is 3.45. The number of halogens is 1. The Hall–Kier alpha value is 0.440. The smallest absolute Gasteiger partial charge is 0.00313 e. The van der Waals surface area contributed by atoms with Crippen molar-refractivity contribution < 1.29 is 0 Å². The van der Waals surface area contributed by atoms with Gasteiger partial charge in [-0.2, -0.15) is 0 Å². The lowest BCUT2D eigenvalue weighted by molar-refractivity contribution is 0.313. The number of rotatable bonds is 7. The van der Waals surface area contributed by atoms with Crippen LogP contribution in [0.15, 0.2) is 0 Å². The van der Waals surface area contributed by atoms with Gasteiger partial charge in [0.1, 0.15) is 0 Å². The van der Waals surface area contributed by atoms with Crippen molar-refractivity contribution in [2.45, 2.75) is 32.1 Å². The third kappa shape index (κ3) is 5.15. The van der Waals surface area contributed by atoms with Gasteiger partial charge in [0, 0.05) is 11.9 Å². The van der Waals surface area contributed by atoms with Gasteiger partial charge < -0.3 is 4.90 Å². The molecule has 1 saturated carbocycles. The number of hydrogen-bond acceptors (Lipinski definition) is 1. The highest BCUT2D eigenvalue weighted by molar-refractivity contribution is 9.09. The summed E-state index contributed by atoms with van der Waals surface area (Å²) in [5, 5.41) is 1.17. The molecular formula is C10H20BrN. The molecule has 0 aromatic carbocycles. The Bertz CT molecular complexity index is 112. The highest BCUT2D eigenvalue weighted by atomic mass is 79.9. The predicted molar refractivity (Wildman–Crippen MR) is 57.9 cm³/mol. The van der Waals surface area contributed by atoms with Crippen molar-refractivity contribution in [2.75, 3.05) is 25.5 Å². The zero-order valence-corrected chi connectivity index (χ0v) is 9.65. The van der Waals surface area contributed by atoms with Gasteiger partial charge in [0.2, 0.25) is 0 Å². The van der Waals surface area contributed by atoms with Crippen LogP contribution in [0.25, 0.3) is 0 Å². The number of alkyl halides is 1. The molecule has 0 heterocycles. The minimum atomic E-state index is 1.05. The summed E-state index contributed by atoms with van der Waals surface area (Å²) >= 11 is 3.45. The Morgan fingerprint density at radius 1 is 1.25 bits per heavy atom. The predicted octanol–water partition coefficient (Wildman–Crippen LogP) is 2.89. The van der Waals surface area contributed by atoms with E-state index in [1.165, 1.54) is 50.5 Å². The summed E-state index contributed by atoms with van der Waals surface area (Å²) in [4.78, 5) is 2.49. The lowest BCUT2D eigenvalue weighted by atomic mass is 10.2. The van der Waals surface area contributed by atoms with Gasteiger partial charge in [-0.1, -0.05) is 22.4 Å². The molecule has 0 saturated heterocycles. The van der Waals surface area contributed by atoms with Crippen molar-refractivity contribution in [1.29, 1.82) is 0 Å². The second-order valence-corrected chi connectivity index (χ2v) is 4.75. The second kappa shape index (κ2) is 5.98. The number of unbranched alkanes of at least 4 members (excludes halogenated alkanes) is 2. The fraction of sp³-hybridized carbons (Fsp3) is 1.00. The van der Waals surface area contributed by atoms with Crippen LogP contribution in [0.4, 0.5) is 0 Å². The molecule has 72 valence electrons. The number of hydrogen-bond donors (Lipinski definition) is 0. The van der Waals surface area contributed by atoms with E-state index in [0.29, 0.717) is 0 Å². The molecule has 0 aromatic heterocycles. The molecule has 0 spiro atoms. The average molecular weight is 234 g/mol. The Morgan fingerprint density at radius 2 is 2.00 bits per heavy atom. The van der Waals surface area contributed by atoms with Crippen LogP contribution in [0.3, 0.4) is 0 Å². The minimum absolute atomic E-state index is 1.05. The topological polar surface area (TPSA) is 3.24 Å². The van der Waals surface area contributed by atoms with E-state index >= 15 is 0 Å². The Kier molecular flexibility index (Phi) is 5.24. The van der Waals surface area contributed by atoms with Gasteiger partial charge in [-0.05, 0) is 45.2 Å². The number of nitrogens with zero attached hydrogens (tertiary/aromatic N) is 1. The summed E-state index contributed by atoms with van der Waals surface area (Å²) in [7, 11) is 2.26. The Labute approximate surface area is 84.6 Å². The first kappa shape index (κ1) is 10.5. The second-order valence-electron chi connectivity index (χ2n) is 3.96. The molecule has 0 bridgehead atoms. The SMILES string of the molecule is CN(CCCCCBr)CC1CC1. The first-order chi connectivity index (χ1) is 5.83. The van der Waals surface area contributed by atoms with E-state index in [4.69, 9.17) is 0 Å². The largest absolute Gasteiger partial charge is 0.306 e. The Morgan fingerprint density at radius 3 is 2.58 bits per heavy atom. The van der Waals surface area contributed by atoms with E-state index in [0.717, 1.165) is 5.92 Å². The zero-order chi connectivity index (χ0) is 8.81. The summed E-state index contributed by atoms with van der Waals surface area (Å²) in [6.45, 7) is 2.64. The van der Waals surface area contributed by atoms with Crippen LogP contribution in [0, 0.1) is 5.92 Å². The standard InChI is InChI=1S/C10H20BrN/c1-12(9-10-5-6-10)8-4-2-3-7-11/h10H,2-9H2,1H3. The van der Waals surface area contributed by atoms with Crippen molar-refractivity contribution in [3.63, 3.8) is 0 Å². The normalized spacial score (nSPS) is 17.2. The fourth-order valence-corrected chi connectivity index (χ4v) is 1.88. The van der Waals surface area contributed by atoms with Crippen molar-refractivity contribution >= 4 is 15.9 Å². The van der Waals surface area contributed by atoms with E-state index in [9.17, 15) is 0 Å². The quantitative estimate of drug-likeness (QED) is 0.483. The van der Waals surface area contributed by atoms with Crippen LogP contribution < -0.4 is 0 Å². The van der Waals surface area contributed by atoms with Crippen LogP contribution in [0.5, 0.6) is 0 Å². The van der Waals surface area contributed by atoms with Gasteiger partial charge in [0.05, 0.1) is 0 Å². The van der Waals surface area contributed by atoms with Crippen LogP contribution in [0.1, 0.15) is 32.1 Å². The highest BCUT2D eigenvalue weighted by Crippen LogP contribution is 2.29. The van der Waals surface area contributed by atoms with E-state index in [2.05, 4.69) is 27.9 Å². The van der Waals surface area contributed by atoms with Gasteiger partial charge in [-0.25, -0.2) is 0 Å². The molecule has 0 aromatic rings. The molecule has 0 radical (unpaired) electrons. The Balaban J connectivity index is 1.83. The van der Waals surface area contributed by atoms with Gasteiger partial charge in [-0.15, -0.1) is 0 Å². The van der Waals surface area contributed by atoms with Crippen molar-refractivity contribution in [1.82, 2.24) is 4.90 Å². The van der Waals surface area contributed by atoms with Gasteiger partial charge in [0.15, 0.2) is 0 Å². The van der Waals surface area contributed by atoms with Crippen LogP contribution in [-0.2, 0) is 0 Å². The van der Waals surface area contributed by atoms with Crippen molar-refractivity contribution in [3.05, 3.63) is 0 Å². The zero-order valence-electron chi connectivity index (χ0n) is 8.06. The maximum atomic E-state index is 3.45. The molecule has 1 rings (SSSR count). The first-order valence-corrected chi connectivity index (χ1v) is 6.19. The molecule has 12 heavy (non-hydrogen) atoms. The van der Waals surface area contributed by atoms with Crippen LogP contribution in [0.2, 0.25) is 0 Å². The third-order valence-corrected chi connectivity index (χ3v) is 3.00. The van der Waals surface area contributed by atoms with Crippen LogP contribution >= 0.6 is 15.9 Å². The maximum Gasteiger partial charge on any atom is 0.00313 e. The van der Waals surface area contributed by atoms with Crippen molar-refractivity contribution in [3.8, 4) is 0 Å². The molecule has 1 aliphatic rings. The lowest BCUT2D eigenvalue weighted by Gasteiger charge is -2.15. The molecular weight excluding hydrogens is 214 g/mol. The lowest BCUT2D eigenvalue weighted by Crippen LogP contribution is -2.22. The van der Waals surface area contributed by atoms with E-state index in [1.807, 2.05) is 0 Å². The van der Waals surface area contributed by atoms with Gasteiger partial charge in [0.25, 0.3) is 0 Å². The molecule has 0 aliphatic heterocycles. The molecule has 1 nitrogen and oxygen atoms in total. The molecule has 1 aliphatic carbocycles. The van der Waals surface area contributed by atoms with E-state index in [1.54, 1.807) is 0 Å². The van der Waals surface area contributed by atoms with Crippen LogP contribution in [-0.4, -0.2) is 30.4 Å². The summed E-state index contributed by atoms with van der Waals surface area (Å²) in [6.07, 6.45) is 7.03. The average Bonchev–Trinajstić information content (AvgIpc) is 2.82. The van der Waals surface area contributed by atoms with Gasteiger partial charge >= 0.3 is 0 Å². The third-order valence-electron chi connectivity index (χ3n) is 2.44. The fourth-order valence-electron chi connectivity index (χ4n) is 1.49. The summed E-state index contributed by atoms with van der Waals surface area (Å²) in [5.74, 6) is 1.05. The highest BCUT2D eigenvalue weighted by Gasteiger charge is 2.22. The summed E-state index contributed by atoms with van der Waals surface area (Å²) < 4.78 is 0. The van der Waals surface area contributed by atoms with Gasteiger partial charge in [-0.3, -0.25) is 0 Å². The summed E-state index contributed by atoms with van der Waals surface area (Å²) in [5.41, 5.74) is 0. The molecule has 0 unspecified atom stereocenters. The van der Waals surface area contributed by atoms with E-state index < -0.39 is 0 Å².